The summed E-state index contributed by atoms with van der Waals surface area (Å²) in [5.41, 5.74) is 6.21. The van der Waals surface area contributed by atoms with Crippen molar-refractivity contribution in [1.29, 1.82) is 0 Å². The zero-order valence-electron chi connectivity index (χ0n) is 12.2. The van der Waals surface area contributed by atoms with E-state index in [1.165, 1.54) is 12.1 Å². The summed E-state index contributed by atoms with van der Waals surface area (Å²) in [5.74, 6) is -1.19. The SMILES string of the molecule is Cc1cc(N)cc(C(=O)OC2CCOC3(CCC3)C2)c1F. The Morgan fingerprint density at radius 1 is 1.48 bits per heavy atom. The minimum absolute atomic E-state index is 0.0818. The molecule has 1 aromatic carbocycles. The number of hydrogen-bond donors (Lipinski definition) is 1. The Kier molecular flexibility index (Phi) is 3.61. The Labute approximate surface area is 123 Å². The first-order valence-electron chi connectivity index (χ1n) is 7.40. The first-order valence-corrected chi connectivity index (χ1v) is 7.40. The zero-order valence-corrected chi connectivity index (χ0v) is 12.2. The maximum Gasteiger partial charge on any atom is 0.341 e. The van der Waals surface area contributed by atoms with Gasteiger partial charge in [0.25, 0.3) is 0 Å². The van der Waals surface area contributed by atoms with Gasteiger partial charge in [0.2, 0.25) is 0 Å². The third-order valence-corrected chi connectivity index (χ3v) is 4.48. The highest BCUT2D eigenvalue weighted by molar-refractivity contribution is 5.91. The van der Waals surface area contributed by atoms with Gasteiger partial charge in [-0.05, 0) is 43.9 Å². The molecule has 0 bridgehead atoms. The Balaban J connectivity index is 1.71. The molecule has 0 radical (unpaired) electrons. The number of esters is 1. The molecule has 1 aliphatic carbocycles. The Hall–Kier alpha value is -1.62. The lowest BCUT2D eigenvalue weighted by Gasteiger charge is -2.46. The molecule has 1 spiro atoms. The molecule has 1 aliphatic heterocycles. The normalized spacial score (nSPS) is 23.6. The third kappa shape index (κ3) is 2.75. The molecular formula is C16H20FNO3. The number of aryl methyl sites for hydroxylation is 1. The van der Waals surface area contributed by atoms with Gasteiger partial charge in [0.15, 0.2) is 0 Å². The molecule has 1 saturated heterocycles. The van der Waals surface area contributed by atoms with Crippen molar-refractivity contribution in [2.75, 3.05) is 12.3 Å². The second kappa shape index (κ2) is 5.30. The van der Waals surface area contributed by atoms with Crippen molar-refractivity contribution in [3.8, 4) is 0 Å². The van der Waals surface area contributed by atoms with Crippen LogP contribution in [-0.4, -0.2) is 24.3 Å². The summed E-state index contributed by atoms with van der Waals surface area (Å²) < 4.78 is 25.3. The number of carbonyl (C=O) groups is 1. The maximum absolute atomic E-state index is 14.0. The number of nitrogen functional groups attached to an aromatic ring is 1. The Morgan fingerprint density at radius 3 is 2.90 bits per heavy atom. The van der Waals surface area contributed by atoms with Crippen molar-refractivity contribution in [2.45, 2.75) is 50.7 Å². The molecule has 2 aliphatic rings. The van der Waals surface area contributed by atoms with E-state index >= 15 is 0 Å². The van der Waals surface area contributed by atoms with E-state index in [2.05, 4.69) is 0 Å². The molecule has 5 heteroatoms. The summed E-state index contributed by atoms with van der Waals surface area (Å²) in [4.78, 5) is 12.2. The Bertz CT molecular complexity index is 569. The van der Waals surface area contributed by atoms with Crippen LogP contribution >= 0.6 is 0 Å². The number of anilines is 1. The van der Waals surface area contributed by atoms with Crippen LogP contribution in [0.25, 0.3) is 0 Å². The molecule has 1 aromatic rings. The molecule has 2 N–H and O–H groups in total. The molecule has 3 rings (SSSR count). The molecule has 2 fully saturated rings. The van der Waals surface area contributed by atoms with Crippen LogP contribution in [0.5, 0.6) is 0 Å². The van der Waals surface area contributed by atoms with E-state index in [0.29, 0.717) is 30.7 Å². The first kappa shape index (κ1) is 14.3. The van der Waals surface area contributed by atoms with Crippen LogP contribution in [0.1, 0.15) is 48.0 Å². The van der Waals surface area contributed by atoms with Crippen molar-refractivity contribution in [3.63, 3.8) is 0 Å². The lowest BCUT2D eigenvalue weighted by atomic mass is 9.74. The van der Waals surface area contributed by atoms with E-state index in [4.69, 9.17) is 15.2 Å². The van der Waals surface area contributed by atoms with Crippen LogP contribution in [0.15, 0.2) is 12.1 Å². The standard InChI is InChI=1S/C16H20FNO3/c1-10-7-11(18)8-13(14(10)17)15(19)21-12-3-6-20-16(9-12)4-2-5-16/h7-8,12H,2-6,9,18H2,1H3. The van der Waals surface area contributed by atoms with Gasteiger partial charge in [0, 0.05) is 18.5 Å². The van der Waals surface area contributed by atoms with Crippen LogP contribution in [0.4, 0.5) is 10.1 Å². The van der Waals surface area contributed by atoms with Gasteiger partial charge in [0.05, 0.1) is 17.8 Å². The number of rotatable bonds is 2. The fourth-order valence-electron chi connectivity index (χ4n) is 3.16. The fraction of sp³-hybridized carbons (Fsp3) is 0.562. The molecule has 1 saturated carbocycles. The van der Waals surface area contributed by atoms with Crippen LogP contribution in [0, 0.1) is 12.7 Å². The summed E-state index contributed by atoms with van der Waals surface area (Å²) >= 11 is 0. The molecule has 21 heavy (non-hydrogen) atoms. The van der Waals surface area contributed by atoms with E-state index in [-0.39, 0.29) is 17.3 Å². The van der Waals surface area contributed by atoms with Crippen molar-refractivity contribution in [3.05, 3.63) is 29.1 Å². The van der Waals surface area contributed by atoms with E-state index in [0.717, 1.165) is 19.3 Å². The number of carbonyl (C=O) groups excluding carboxylic acids is 1. The molecule has 114 valence electrons. The molecule has 0 aromatic heterocycles. The lowest BCUT2D eigenvalue weighted by molar-refractivity contribution is -0.159. The number of benzene rings is 1. The van der Waals surface area contributed by atoms with E-state index in [1.807, 2.05) is 0 Å². The maximum atomic E-state index is 14.0. The highest BCUT2D eigenvalue weighted by Crippen LogP contribution is 2.43. The molecule has 4 nitrogen and oxygen atoms in total. The van der Waals surface area contributed by atoms with Gasteiger partial charge in [-0.2, -0.15) is 0 Å². The van der Waals surface area contributed by atoms with Crippen molar-refractivity contribution >= 4 is 11.7 Å². The minimum atomic E-state index is -0.635. The first-order chi connectivity index (χ1) is 9.99. The van der Waals surface area contributed by atoms with Gasteiger partial charge in [-0.3, -0.25) is 0 Å². The summed E-state index contributed by atoms with van der Waals surface area (Å²) in [6, 6.07) is 2.84. The van der Waals surface area contributed by atoms with Gasteiger partial charge in [-0.1, -0.05) is 0 Å². The van der Waals surface area contributed by atoms with E-state index in [9.17, 15) is 9.18 Å². The topological polar surface area (TPSA) is 61.6 Å². The predicted octanol–water partition coefficient (Wildman–Crippen LogP) is 2.97. The zero-order chi connectivity index (χ0) is 15.0. The summed E-state index contributed by atoms with van der Waals surface area (Å²) in [6.07, 6.45) is 4.37. The van der Waals surface area contributed by atoms with Gasteiger partial charge in [-0.25, -0.2) is 9.18 Å². The Morgan fingerprint density at radius 2 is 2.24 bits per heavy atom. The van der Waals surface area contributed by atoms with Crippen LogP contribution < -0.4 is 5.73 Å². The summed E-state index contributed by atoms with van der Waals surface area (Å²) in [6.45, 7) is 2.18. The third-order valence-electron chi connectivity index (χ3n) is 4.48. The van der Waals surface area contributed by atoms with E-state index in [1.54, 1.807) is 6.92 Å². The number of nitrogens with two attached hydrogens (primary N) is 1. The predicted molar refractivity (Wildman–Crippen MR) is 76.5 cm³/mol. The van der Waals surface area contributed by atoms with Gasteiger partial charge in [0.1, 0.15) is 11.9 Å². The van der Waals surface area contributed by atoms with Crippen molar-refractivity contribution in [1.82, 2.24) is 0 Å². The molecule has 1 unspecified atom stereocenters. The largest absolute Gasteiger partial charge is 0.458 e. The minimum Gasteiger partial charge on any atom is -0.458 e. The number of halogens is 1. The van der Waals surface area contributed by atoms with Crippen molar-refractivity contribution < 1.29 is 18.7 Å². The summed E-state index contributed by atoms with van der Waals surface area (Å²) in [5, 5.41) is 0. The van der Waals surface area contributed by atoms with Crippen molar-refractivity contribution in [2.24, 2.45) is 0 Å². The average Bonchev–Trinajstić information content (AvgIpc) is 2.41. The van der Waals surface area contributed by atoms with Crippen LogP contribution in [-0.2, 0) is 9.47 Å². The average molecular weight is 293 g/mol. The molecule has 0 amide bonds. The van der Waals surface area contributed by atoms with Crippen LogP contribution in [0.3, 0.4) is 0 Å². The molecule has 1 heterocycles. The molecule has 1 atom stereocenters. The van der Waals surface area contributed by atoms with Gasteiger partial charge < -0.3 is 15.2 Å². The fourth-order valence-corrected chi connectivity index (χ4v) is 3.16. The lowest BCUT2D eigenvalue weighted by Crippen LogP contribution is -2.48. The summed E-state index contributed by atoms with van der Waals surface area (Å²) in [7, 11) is 0. The van der Waals surface area contributed by atoms with Gasteiger partial charge in [-0.15, -0.1) is 0 Å². The highest BCUT2D eigenvalue weighted by atomic mass is 19.1. The van der Waals surface area contributed by atoms with E-state index < -0.39 is 11.8 Å². The van der Waals surface area contributed by atoms with Crippen LogP contribution in [0.2, 0.25) is 0 Å². The second-order valence-electron chi connectivity index (χ2n) is 6.10. The quantitative estimate of drug-likeness (QED) is 0.672. The molecular weight excluding hydrogens is 273 g/mol. The number of ether oxygens (including phenoxy) is 2. The smallest absolute Gasteiger partial charge is 0.341 e. The van der Waals surface area contributed by atoms with Gasteiger partial charge >= 0.3 is 5.97 Å². The monoisotopic (exact) mass is 293 g/mol. The number of hydrogen-bond acceptors (Lipinski definition) is 4. The highest BCUT2D eigenvalue weighted by Gasteiger charge is 2.43. The second-order valence-corrected chi connectivity index (χ2v) is 6.10.